The van der Waals surface area contributed by atoms with Crippen LogP contribution in [-0.4, -0.2) is 35.8 Å². The van der Waals surface area contributed by atoms with Crippen molar-refractivity contribution >= 4 is 40.2 Å². The molecule has 2 amide bonds. The van der Waals surface area contributed by atoms with Crippen LogP contribution in [0.3, 0.4) is 0 Å². The summed E-state index contributed by atoms with van der Waals surface area (Å²) in [6, 6.07) is 8.26. The van der Waals surface area contributed by atoms with Crippen molar-refractivity contribution in [1.29, 1.82) is 0 Å². The number of hydrogen-bond acceptors (Lipinski definition) is 4. The van der Waals surface area contributed by atoms with Gasteiger partial charge in [0.2, 0.25) is 0 Å². The minimum Gasteiger partial charge on any atom is -0.465 e. The highest BCUT2D eigenvalue weighted by Gasteiger charge is 2.34. The molecule has 0 aliphatic carbocycles. The van der Waals surface area contributed by atoms with Gasteiger partial charge in [0.15, 0.2) is 0 Å². The first-order chi connectivity index (χ1) is 10.5. The first kappa shape index (κ1) is 14.5. The molecule has 0 saturated carbocycles. The van der Waals surface area contributed by atoms with Crippen molar-refractivity contribution in [2.75, 3.05) is 13.2 Å². The summed E-state index contributed by atoms with van der Waals surface area (Å²) in [5.41, 5.74) is 0.720. The first-order valence-corrected chi connectivity index (χ1v) is 7.15. The molecule has 0 aromatic heterocycles. The molecule has 0 N–H and O–H groups in total. The monoisotopic (exact) mass is 317 g/mol. The van der Waals surface area contributed by atoms with E-state index in [-0.39, 0.29) is 6.61 Å². The largest absolute Gasteiger partial charge is 0.465 e. The van der Waals surface area contributed by atoms with Crippen LogP contribution in [0.5, 0.6) is 0 Å². The van der Waals surface area contributed by atoms with Crippen molar-refractivity contribution in [3.63, 3.8) is 0 Å². The van der Waals surface area contributed by atoms with Crippen LogP contribution in [-0.2, 0) is 9.53 Å². The molecule has 0 unspecified atom stereocenters. The average Bonchev–Trinajstić information content (AvgIpc) is 2.51. The molecule has 2 aromatic carbocycles. The van der Waals surface area contributed by atoms with Gasteiger partial charge in [0.25, 0.3) is 11.8 Å². The van der Waals surface area contributed by atoms with E-state index < -0.39 is 24.3 Å². The fourth-order valence-corrected chi connectivity index (χ4v) is 2.81. The van der Waals surface area contributed by atoms with Crippen LogP contribution < -0.4 is 0 Å². The van der Waals surface area contributed by atoms with E-state index in [1.807, 2.05) is 0 Å². The van der Waals surface area contributed by atoms with E-state index in [1.165, 1.54) is 0 Å². The Hall–Kier alpha value is -2.40. The second kappa shape index (κ2) is 5.42. The summed E-state index contributed by atoms with van der Waals surface area (Å²) in [4.78, 5) is 37.6. The predicted octanol–water partition coefficient (Wildman–Crippen LogP) is 2.65. The van der Waals surface area contributed by atoms with Gasteiger partial charge >= 0.3 is 5.97 Å². The molecule has 0 bridgehead atoms. The van der Waals surface area contributed by atoms with Gasteiger partial charge in [-0.1, -0.05) is 23.7 Å². The van der Waals surface area contributed by atoms with Gasteiger partial charge in [-0.15, -0.1) is 0 Å². The lowest BCUT2D eigenvalue weighted by Gasteiger charge is -2.26. The molecule has 1 aliphatic rings. The molecule has 0 saturated heterocycles. The molecular weight excluding hydrogens is 306 g/mol. The Morgan fingerprint density at radius 1 is 1.14 bits per heavy atom. The van der Waals surface area contributed by atoms with Crippen molar-refractivity contribution < 1.29 is 19.1 Å². The number of carbonyl (C=O) groups excluding carboxylic acids is 3. The number of ether oxygens (including phenoxy) is 1. The molecule has 0 spiro atoms. The van der Waals surface area contributed by atoms with E-state index in [4.69, 9.17) is 16.3 Å². The topological polar surface area (TPSA) is 63.7 Å². The van der Waals surface area contributed by atoms with E-state index in [0.29, 0.717) is 26.9 Å². The van der Waals surface area contributed by atoms with Crippen LogP contribution in [0.1, 0.15) is 27.6 Å². The van der Waals surface area contributed by atoms with E-state index in [1.54, 1.807) is 37.3 Å². The van der Waals surface area contributed by atoms with Crippen LogP contribution in [0.15, 0.2) is 30.3 Å². The Morgan fingerprint density at radius 2 is 1.82 bits per heavy atom. The SMILES string of the molecule is CCOC(=O)CN1C(=O)c2cccc3c(Cl)ccc(c23)C1=O. The third-order valence-electron chi connectivity index (χ3n) is 3.53. The van der Waals surface area contributed by atoms with Gasteiger partial charge in [-0.25, -0.2) is 0 Å². The molecule has 5 nitrogen and oxygen atoms in total. The van der Waals surface area contributed by atoms with E-state index in [2.05, 4.69) is 0 Å². The smallest absolute Gasteiger partial charge is 0.326 e. The Balaban J connectivity index is 2.13. The Kier molecular flexibility index (Phi) is 3.58. The zero-order valence-corrected chi connectivity index (χ0v) is 12.5. The minimum atomic E-state index is -0.617. The van der Waals surface area contributed by atoms with Crippen molar-refractivity contribution in [2.45, 2.75) is 6.92 Å². The van der Waals surface area contributed by atoms with Crippen molar-refractivity contribution in [3.05, 3.63) is 46.5 Å². The lowest BCUT2D eigenvalue weighted by atomic mass is 9.94. The molecule has 1 aliphatic heterocycles. The third-order valence-corrected chi connectivity index (χ3v) is 3.86. The normalized spacial score (nSPS) is 13.6. The molecular formula is C16H12ClNO4. The number of amides is 2. The molecule has 1 heterocycles. The van der Waals surface area contributed by atoms with Gasteiger partial charge in [0.1, 0.15) is 6.54 Å². The van der Waals surface area contributed by atoms with Crippen molar-refractivity contribution in [3.8, 4) is 0 Å². The van der Waals surface area contributed by atoms with Gasteiger partial charge in [-0.3, -0.25) is 19.3 Å². The molecule has 3 rings (SSSR count). The summed E-state index contributed by atoms with van der Waals surface area (Å²) in [6.45, 7) is 1.45. The zero-order chi connectivity index (χ0) is 15.9. The Morgan fingerprint density at radius 3 is 2.50 bits per heavy atom. The van der Waals surface area contributed by atoms with Crippen LogP contribution in [0.4, 0.5) is 0 Å². The lowest BCUT2D eigenvalue weighted by molar-refractivity contribution is -0.143. The summed E-state index contributed by atoms with van der Waals surface area (Å²) in [5, 5.41) is 1.65. The number of nitrogens with zero attached hydrogens (tertiary/aromatic N) is 1. The Labute approximate surface area is 131 Å². The van der Waals surface area contributed by atoms with Gasteiger partial charge in [-0.05, 0) is 25.1 Å². The first-order valence-electron chi connectivity index (χ1n) is 6.77. The van der Waals surface area contributed by atoms with Gasteiger partial charge < -0.3 is 4.74 Å². The quantitative estimate of drug-likeness (QED) is 0.645. The number of rotatable bonds is 3. The number of esters is 1. The summed E-state index contributed by atoms with van der Waals surface area (Å²) in [7, 11) is 0. The number of carbonyl (C=O) groups is 3. The molecule has 6 heteroatoms. The maximum atomic E-state index is 12.5. The van der Waals surface area contributed by atoms with Crippen LogP contribution in [0.2, 0.25) is 5.02 Å². The zero-order valence-electron chi connectivity index (χ0n) is 11.8. The standard InChI is InChI=1S/C16H12ClNO4/c1-2-22-13(19)8-18-15(20)10-5-3-4-9-12(17)7-6-11(14(9)10)16(18)21/h3-7H,2,8H2,1H3. The lowest BCUT2D eigenvalue weighted by Crippen LogP contribution is -2.43. The van der Waals surface area contributed by atoms with Crippen LogP contribution >= 0.6 is 11.6 Å². The van der Waals surface area contributed by atoms with Crippen LogP contribution in [0.25, 0.3) is 10.8 Å². The van der Waals surface area contributed by atoms with Crippen LogP contribution in [0, 0.1) is 0 Å². The highest BCUT2D eigenvalue weighted by molar-refractivity contribution is 6.38. The average molecular weight is 318 g/mol. The highest BCUT2D eigenvalue weighted by atomic mass is 35.5. The highest BCUT2D eigenvalue weighted by Crippen LogP contribution is 2.33. The summed E-state index contributed by atoms with van der Waals surface area (Å²) in [6.07, 6.45) is 0. The maximum absolute atomic E-state index is 12.5. The van der Waals surface area contributed by atoms with E-state index >= 15 is 0 Å². The molecule has 0 fully saturated rings. The van der Waals surface area contributed by atoms with E-state index in [9.17, 15) is 14.4 Å². The number of benzene rings is 2. The second-order valence-electron chi connectivity index (χ2n) is 4.82. The summed E-state index contributed by atoms with van der Waals surface area (Å²) in [5.74, 6) is -1.65. The Bertz CT molecular complexity index is 793. The number of halogens is 1. The van der Waals surface area contributed by atoms with E-state index in [0.717, 1.165) is 4.90 Å². The molecule has 0 radical (unpaired) electrons. The molecule has 0 atom stereocenters. The predicted molar refractivity (Wildman–Crippen MR) is 81.0 cm³/mol. The van der Waals surface area contributed by atoms with Gasteiger partial charge in [0.05, 0.1) is 6.61 Å². The van der Waals surface area contributed by atoms with Crippen molar-refractivity contribution in [1.82, 2.24) is 4.90 Å². The minimum absolute atomic E-state index is 0.191. The third kappa shape index (κ3) is 2.14. The fraction of sp³-hybridized carbons (Fsp3) is 0.188. The second-order valence-corrected chi connectivity index (χ2v) is 5.23. The fourth-order valence-electron chi connectivity index (χ4n) is 2.59. The maximum Gasteiger partial charge on any atom is 0.326 e. The van der Waals surface area contributed by atoms with Gasteiger partial charge in [0, 0.05) is 26.9 Å². The molecule has 2 aromatic rings. The summed E-state index contributed by atoms with van der Waals surface area (Å²) >= 11 is 6.13. The molecule has 22 heavy (non-hydrogen) atoms. The van der Waals surface area contributed by atoms with Crippen molar-refractivity contribution in [2.24, 2.45) is 0 Å². The molecule has 112 valence electrons. The number of hydrogen-bond donors (Lipinski definition) is 0. The summed E-state index contributed by atoms with van der Waals surface area (Å²) < 4.78 is 4.82. The number of imide groups is 1. The van der Waals surface area contributed by atoms with Gasteiger partial charge in [-0.2, -0.15) is 0 Å².